The van der Waals surface area contributed by atoms with E-state index in [2.05, 4.69) is 47.3 Å². The Kier molecular flexibility index (Phi) is 5.27. The number of nitrogens with zero attached hydrogens (tertiary/aromatic N) is 2. The second-order valence-corrected chi connectivity index (χ2v) is 7.83. The minimum absolute atomic E-state index is 0.139. The van der Waals surface area contributed by atoms with E-state index in [9.17, 15) is 4.79 Å². The van der Waals surface area contributed by atoms with Gasteiger partial charge in [-0.25, -0.2) is 9.97 Å². The van der Waals surface area contributed by atoms with Crippen molar-refractivity contribution >= 4 is 22.4 Å². The van der Waals surface area contributed by atoms with Gasteiger partial charge in [0.2, 0.25) is 11.8 Å². The maximum absolute atomic E-state index is 12.5. The second kappa shape index (κ2) is 8.01. The average Bonchev–Trinajstić information content (AvgIpc) is 3.31. The Hall–Kier alpha value is -3.25. The normalized spacial score (nSPS) is 10.9. The number of carbonyl (C=O) groups excluding carboxylic acids is 1. The molecule has 0 saturated carbocycles. The molecule has 0 aliphatic rings. The van der Waals surface area contributed by atoms with E-state index in [-0.39, 0.29) is 12.3 Å². The third-order valence-electron chi connectivity index (χ3n) is 4.66. The molecule has 29 heavy (non-hydrogen) atoms. The van der Waals surface area contributed by atoms with Crippen LogP contribution in [0.3, 0.4) is 0 Å². The zero-order valence-corrected chi connectivity index (χ0v) is 17.3. The number of rotatable bonds is 5. The standard InChI is InChI=1S/C23H21N3O2S/c1-14-9-10-15(2)18(11-14)20-13-29-23(25-20)26-21(27)12-19-16(3)28-22(24-19)17-7-5-4-6-8-17/h4-11,13H,12H2,1-3H3,(H,25,26,27). The first-order valence-electron chi connectivity index (χ1n) is 9.34. The van der Waals surface area contributed by atoms with E-state index in [1.165, 1.54) is 16.9 Å². The third-order valence-corrected chi connectivity index (χ3v) is 5.42. The maximum atomic E-state index is 12.5. The summed E-state index contributed by atoms with van der Waals surface area (Å²) in [6.45, 7) is 5.94. The van der Waals surface area contributed by atoms with Crippen molar-refractivity contribution in [3.8, 4) is 22.7 Å². The summed E-state index contributed by atoms with van der Waals surface area (Å²) in [7, 11) is 0. The summed E-state index contributed by atoms with van der Waals surface area (Å²) >= 11 is 1.42. The zero-order chi connectivity index (χ0) is 20.4. The first-order chi connectivity index (χ1) is 14.0. The maximum Gasteiger partial charge on any atom is 0.232 e. The number of hydrogen-bond acceptors (Lipinski definition) is 5. The molecule has 1 N–H and O–H groups in total. The molecular weight excluding hydrogens is 382 g/mol. The lowest BCUT2D eigenvalue weighted by Gasteiger charge is -2.04. The Morgan fingerprint density at radius 2 is 1.86 bits per heavy atom. The van der Waals surface area contributed by atoms with Crippen molar-refractivity contribution in [1.29, 1.82) is 0 Å². The summed E-state index contributed by atoms with van der Waals surface area (Å²) in [6.07, 6.45) is 0.139. The fraction of sp³-hybridized carbons (Fsp3) is 0.174. The zero-order valence-electron chi connectivity index (χ0n) is 16.5. The minimum atomic E-state index is -0.164. The number of hydrogen-bond donors (Lipinski definition) is 1. The molecule has 0 atom stereocenters. The average molecular weight is 404 g/mol. The molecule has 0 spiro atoms. The quantitative estimate of drug-likeness (QED) is 0.473. The van der Waals surface area contributed by atoms with Crippen LogP contribution < -0.4 is 5.32 Å². The molecule has 146 valence electrons. The molecule has 2 aromatic heterocycles. The van der Waals surface area contributed by atoms with Crippen molar-refractivity contribution in [2.24, 2.45) is 0 Å². The summed E-state index contributed by atoms with van der Waals surface area (Å²) < 4.78 is 5.73. The Labute approximate surface area is 173 Å². The van der Waals surface area contributed by atoms with Crippen LogP contribution in [0.25, 0.3) is 22.7 Å². The van der Waals surface area contributed by atoms with Crippen LogP contribution in [0.4, 0.5) is 5.13 Å². The van der Waals surface area contributed by atoms with Gasteiger partial charge in [0.05, 0.1) is 17.8 Å². The van der Waals surface area contributed by atoms with Crippen LogP contribution in [0.5, 0.6) is 0 Å². The van der Waals surface area contributed by atoms with E-state index < -0.39 is 0 Å². The van der Waals surface area contributed by atoms with Crippen molar-refractivity contribution in [1.82, 2.24) is 9.97 Å². The topological polar surface area (TPSA) is 68.0 Å². The lowest BCUT2D eigenvalue weighted by Crippen LogP contribution is -2.15. The highest BCUT2D eigenvalue weighted by Gasteiger charge is 2.16. The van der Waals surface area contributed by atoms with Crippen molar-refractivity contribution in [2.75, 3.05) is 5.32 Å². The molecule has 6 heteroatoms. The molecule has 1 amide bonds. The molecule has 2 heterocycles. The molecule has 0 unspecified atom stereocenters. The summed E-state index contributed by atoms with van der Waals surface area (Å²) in [5, 5.41) is 5.42. The number of carbonyl (C=O) groups is 1. The third kappa shape index (κ3) is 4.27. The van der Waals surface area contributed by atoms with Crippen LogP contribution in [-0.2, 0) is 11.2 Å². The largest absolute Gasteiger partial charge is 0.441 e. The van der Waals surface area contributed by atoms with Crippen molar-refractivity contribution in [3.63, 3.8) is 0 Å². The van der Waals surface area contributed by atoms with Crippen molar-refractivity contribution < 1.29 is 9.21 Å². The molecule has 4 aromatic rings. The summed E-state index contributed by atoms with van der Waals surface area (Å²) in [5.74, 6) is 1.01. The van der Waals surface area contributed by atoms with Gasteiger partial charge in [0.1, 0.15) is 5.76 Å². The number of benzene rings is 2. The van der Waals surface area contributed by atoms with Gasteiger partial charge in [-0.15, -0.1) is 11.3 Å². The van der Waals surface area contributed by atoms with Gasteiger partial charge in [-0.3, -0.25) is 4.79 Å². The SMILES string of the molecule is Cc1ccc(C)c(-c2csc(NC(=O)Cc3nc(-c4ccccc4)oc3C)n2)c1. The Bertz CT molecular complexity index is 1160. The van der Waals surface area contributed by atoms with Crippen LogP contribution in [0, 0.1) is 20.8 Å². The summed E-state index contributed by atoms with van der Waals surface area (Å²) in [5.41, 5.74) is 5.82. The Morgan fingerprint density at radius 3 is 2.66 bits per heavy atom. The van der Waals surface area contributed by atoms with Gasteiger partial charge >= 0.3 is 0 Å². The van der Waals surface area contributed by atoms with Gasteiger partial charge in [-0.2, -0.15) is 0 Å². The number of aryl methyl sites for hydroxylation is 3. The highest BCUT2D eigenvalue weighted by molar-refractivity contribution is 7.14. The Morgan fingerprint density at radius 1 is 1.07 bits per heavy atom. The highest BCUT2D eigenvalue weighted by atomic mass is 32.1. The molecule has 0 saturated heterocycles. The van der Waals surface area contributed by atoms with E-state index in [4.69, 9.17) is 4.42 Å². The fourth-order valence-electron chi connectivity index (χ4n) is 3.08. The molecule has 0 aliphatic carbocycles. The molecule has 2 aromatic carbocycles. The molecule has 0 radical (unpaired) electrons. The van der Waals surface area contributed by atoms with E-state index in [1.807, 2.05) is 42.6 Å². The molecule has 0 aliphatic heterocycles. The first kappa shape index (κ1) is 19.1. The van der Waals surface area contributed by atoms with Gasteiger partial charge in [-0.05, 0) is 44.5 Å². The smallest absolute Gasteiger partial charge is 0.232 e. The van der Waals surface area contributed by atoms with Gasteiger partial charge in [0.15, 0.2) is 5.13 Å². The van der Waals surface area contributed by atoms with E-state index >= 15 is 0 Å². The van der Waals surface area contributed by atoms with E-state index in [0.717, 1.165) is 22.4 Å². The van der Waals surface area contributed by atoms with E-state index in [0.29, 0.717) is 22.5 Å². The molecule has 4 rings (SSSR count). The lowest BCUT2D eigenvalue weighted by atomic mass is 10.0. The van der Waals surface area contributed by atoms with Crippen LogP contribution in [0.2, 0.25) is 0 Å². The molecular formula is C23H21N3O2S. The van der Waals surface area contributed by atoms with Crippen LogP contribution in [0.15, 0.2) is 58.3 Å². The van der Waals surface area contributed by atoms with Crippen molar-refractivity contribution in [2.45, 2.75) is 27.2 Å². The lowest BCUT2D eigenvalue weighted by molar-refractivity contribution is -0.115. The predicted octanol–water partition coefficient (Wildman–Crippen LogP) is 5.57. The van der Waals surface area contributed by atoms with Gasteiger partial charge in [0, 0.05) is 16.5 Å². The van der Waals surface area contributed by atoms with Crippen LogP contribution in [0.1, 0.15) is 22.6 Å². The molecule has 0 fully saturated rings. The fourth-order valence-corrected chi connectivity index (χ4v) is 3.81. The first-order valence-corrected chi connectivity index (χ1v) is 10.2. The highest BCUT2D eigenvalue weighted by Crippen LogP contribution is 2.28. The van der Waals surface area contributed by atoms with Crippen LogP contribution >= 0.6 is 11.3 Å². The van der Waals surface area contributed by atoms with Gasteiger partial charge in [0.25, 0.3) is 0 Å². The van der Waals surface area contributed by atoms with E-state index in [1.54, 1.807) is 0 Å². The minimum Gasteiger partial charge on any atom is -0.441 e. The van der Waals surface area contributed by atoms with Crippen molar-refractivity contribution in [3.05, 3.63) is 76.5 Å². The molecule has 5 nitrogen and oxygen atoms in total. The number of aromatic nitrogens is 2. The van der Waals surface area contributed by atoms with Gasteiger partial charge in [-0.1, -0.05) is 35.9 Å². The summed E-state index contributed by atoms with van der Waals surface area (Å²) in [4.78, 5) is 21.6. The predicted molar refractivity (Wildman–Crippen MR) is 116 cm³/mol. The number of amides is 1. The number of nitrogens with one attached hydrogen (secondary N) is 1. The number of oxazole rings is 1. The van der Waals surface area contributed by atoms with Crippen LogP contribution in [-0.4, -0.2) is 15.9 Å². The summed E-state index contributed by atoms with van der Waals surface area (Å²) in [6, 6.07) is 15.9. The number of thiazole rings is 1. The Balaban J connectivity index is 1.47. The monoisotopic (exact) mass is 403 g/mol. The second-order valence-electron chi connectivity index (χ2n) is 6.97. The number of anilines is 1. The van der Waals surface area contributed by atoms with Gasteiger partial charge < -0.3 is 9.73 Å². The molecule has 0 bridgehead atoms.